The second-order valence-electron chi connectivity index (χ2n) is 9.04. The fourth-order valence-corrected chi connectivity index (χ4v) is 6.09. The Morgan fingerprint density at radius 3 is 2.58 bits per heavy atom. The number of carbonyl (C=O) groups is 1. The highest BCUT2D eigenvalue weighted by molar-refractivity contribution is 7.91. The van der Waals surface area contributed by atoms with Crippen molar-refractivity contribution in [3.05, 3.63) is 23.9 Å². The van der Waals surface area contributed by atoms with E-state index in [1.807, 2.05) is 6.07 Å². The van der Waals surface area contributed by atoms with Crippen molar-refractivity contribution in [1.29, 1.82) is 0 Å². The minimum atomic E-state index is -3.02. The molecule has 7 heteroatoms. The van der Waals surface area contributed by atoms with Crippen LogP contribution in [0.3, 0.4) is 0 Å². The van der Waals surface area contributed by atoms with Crippen LogP contribution >= 0.6 is 0 Å². The first kappa shape index (κ1) is 17.8. The van der Waals surface area contributed by atoms with Crippen molar-refractivity contribution in [1.82, 2.24) is 9.78 Å². The zero-order valence-corrected chi connectivity index (χ0v) is 16.4. The standard InChI is InChI=1S/C19H27N3O3S/c1-19(2,3)16-10-17(22(21-16)14-6-7-26(24,25)11-14)20-18(23)15-9-12-4-5-13(15)8-12/h4-5,10,12-15H,6-9,11H2,1-3H3,(H,20,23)/t12-,13-,14+,15+/m0/s1. The van der Waals surface area contributed by atoms with E-state index in [9.17, 15) is 13.2 Å². The summed E-state index contributed by atoms with van der Waals surface area (Å²) in [5, 5.41) is 7.75. The molecule has 0 radical (unpaired) electrons. The van der Waals surface area contributed by atoms with Crippen LogP contribution < -0.4 is 5.32 Å². The maximum Gasteiger partial charge on any atom is 0.229 e. The largest absolute Gasteiger partial charge is 0.311 e. The number of fused-ring (bicyclic) bond motifs is 2. The van der Waals surface area contributed by atoms with E-state index in [0.29, 0.717) is 24.1 Å². The third kappa shape index (κ3) is 3.21. The van der Waals surface area contributed by atoms with Gasteiger partial charge in [0, 0.05) is 17.4 Å². The van der Waals surface area contributed by atoms with Gasteiger partial charge in [0.2, 0.25) is 5.91 Å². The molecule has 26 heavy (non-hydrogen) atoms. The highest BCUT2D eigenvalue weighted by Gasteiger charge is 2.40. The molecular weight excluding hydrogens is 350 g/mol. The highest BCUT2D eigenvalue weighted by Crippen LogP contribution is 2.44. The fourth-order valence-electron chi connectivity index (χ4n) is 4.40. The first-order chi connectivity index (χ1) is 12.1. The molecule has 0 unspecified atom stereocenters. The Balaban J connectivity index is 1.61. The van der Waals surface area contributed by atoms with Crippen molar-refractivity contribution in [2.45, 2.75) is 51.5 Å². The summed E-state index contributed by atoms with van der Waals surface area (Å²) in [4.78, 5) is 12.9. The lowest BCUT2D eigenvalue weighted by molar-refractivity contribution is -0.120. The molecule has 142 valence electrons. The van der Waals surface area contributed by atoms with E-state index < -0.39 is 9.84 Å². The second-order valence-corrected chi connectivity index (χ2v) is 11.3. The lowest BCUT2D eigenvalue weighted by Crippen LogP contribution is -2.28. The van der Waals surface area contributed by atoms with Gasteiger partial charge in [0.25, 0.3) is 0 Å². The Kier molecular flexibility index (Phi) is 4.06. The summed E-state index contributed by atoms with van der Waals surface area (Å²) < 4.78 is 25.6. The van der Waals surface area contributed by atoms with Crippen LogP contribution in [0, 0.1) is 17.8 Å². The van der Waals surface area contributed by atoms with Crippen LogP contribution in [0.5, 0.6) is 0 Å². The van der Waals surface area contributed by atoms with Gasteiger partial charge in [0.1, 0.15) is 5.82 Å². The Hall–Kier alpha value is -1.63. The van der Waals surface area contributed by atoms with Gasteiger partial charge in [0.05, 0.1) is 23.2 Å². The number of aromatic nitrogens is 2. The van der Waals surface area contributed by atoms with Crippen molar-refractivity contribution >= 4 is 21.6 Å². The number of hydrogen-bond donors (Lipinski definition) is 1. The van der Waals surface area contributed by atoms with Crippen LogP contribution in [0.1, 0.15) is 51.8 Å². The Labute approximate surface area is 155 Å². The van der Waals surface area contributed by atoms with E-state index in [1.54, 1.807) is 4.68 Å². The number of allylic oxidation sites excluding steroid dienone is 2. The molecule has 2 bridgehead atoms. The van der Waals surface area contributed by atoms with Crippen molar-refractivity contribution in [3.63, 3.8) is 0 Å². The summed E-state index contributed by atoms with van der Waals surface area (Å²) in [7, 11) is -3.02. The van der Waals surface area contributed by atoms with Gasteiger partial charge >= 0.3 is 0 Å². The van der Waals surface area contributed by atoms with E-state index in [0.717, 1.165) is 18.5 Å². The van der Waals surface area contributed by atoms with Crippen molar-refractivity contribution < 1.29 is 13.2 Å². The molecule has 0 spiro atoms. The summed E-state index contributed by atoms with van der Waals surface area (Å²) in [5.41, 5.74) is 0.696. The molecule has 0 aromatic carbocycles. The molecular formula is C19H27N3O3S. The molecule has 3 aliphatic rings. The molecule has 1 amide bonds. The topological polar surface area (TPSA) is 81.1 Å². The van der Waals surface area contributed by atoms with E-state index in [2.05, 4.69) is 43.3 Å². The van der Waals surface area contributed by atoms with Gasteiger partial charge < -0.3 is 5.32 Å². The van der Waals surface area contributed by atoms with Gasteiger partial charge in [-0.3, -0.25) is 4.79 Å². The molecule has 1 aromatic heterocycles. The van der Waals surface area contributed by atoms with E-state index in [-0.39, 0.29) is 34.8 Å². The normalized spacial score (nSPS) is 32.3. The lowest BCUT2D eigenvalue weighted by atomic mass is 9.92. The number of hydrogen-bond acceptors (Lipinski definition) is 4. The van der Waals surface area contributed by atoms with Gasteiger partial charge in [-0.15, -0.1) is 0 Å². The molecule has 2 heterocycles. The third-order valence-corrected chi connectivity index (χ3v) is 7.68. The smallest absolute Gasteiger partial charge is 0.229 e. The zero-order valence-electron chi connectivity index (χ0n) is 15.6. The first-order valence-corrected chi connectivity index (χ1v) is 11.2. The lowest BCUT2D eigenvalue weighted by Gasteiger charge is -2.19. The van der Waals surface area contributed by atoms with Crippen molar-refractivity contribution in [3.8, 4) is 0 Å². The van der Waals surface area contributed by atoms with Crippen LogP contribution in [-0.4, -0.2) is 35.6 Å². The zero-order chi connectivity index (χ0) is 18.7. The Morgan fingerprint density at radius 1 is 1.27 bits per heavy atom. The number of carbonyl (C=O) groups excluding carboxylic acids is 1. The molecule has 4 atom stereocenters. The molecule has 1 aliphatic heterocycles. The Morgan fingerprint density at radius 2 is 2.04 bits per heavy atom. The van der Waals surface area contributed by atoms with Crippen LogP contribution in [0.25, 0.3) is 0 Å². The molecule has 1 saturated carbocycles. The summed E-state index contributed by atoms with van der Waals surface area (Å²) >= 11 is 0. The number of rotatable bonds is 3. The Bertz CT molecular complexity index is 863. The summed E-state index contributed by atoms with van der Waals surface area (Å²) in [6, 6.07) is 1.71. The maximum absolute atomic E-state index is 12.9. The average Bonchev–Trinajstić information content (AvgIpc) is 3.28. The predicted molar refractivity (Wildman–Crippen MR) is 101 cm³/mol. The minimum absolute atomic E-state index is 0.0127. The number of amides is 1. The molecule has 2 fully saturated rings. The summed E-state index contributed by atoms with van der Waals surface area (Å²) in [6.07, 6.45) is 6.92. The number of nitrogens with zero attached hydrogens (tertiary/aromatic N) is 2. The van der Waals surface area contributed by atoms with Gasteiger partial charge in [-0.25, -0.2) is 13.1 Å². The van der Waals surface area contributed by atoms with Crippen LogP contribution in [0.4, 0.5) is 5.82 Å². The second kappa shape index (κ2) is 5.94. The van der Waals surface area contributed by atoms with Crippen molar-refractivity contribution in [2.75, 3.05) is 16.8 Å². The van der Waals surface area contributed by atoms with E-state index in [4.69, 9.17) is 0 Å². The third-order valence-electron chi connectivity index (χ3n) is 5.93. The minimum Gasteiger partial charge on any atom is -0.311 e. The highest BCUT2D eigenvalue weighted by atomic mass is 32.2. The molecule has 6 nitrogen and oxygen atoms in total. The monoisotopic (exact) mass is 377 g/mol. The number of sulfone groups is 1. The molecule has 4 rings (SSSR count). The van der Waals surface area contributed by atoms with Crippen LogP contribution in [0.15, 0.2) is 18.2 Å². The van der Waals surface area contributed by atoms with Gasteiger partial charge in [-0.2, -0.15) is 5.10 Å². The van der Waals surface area contributed by atoms with Gasteiger partial charge in [-0.05, 0) is 31.1 Å². The van der Waals surface area contributed by atoms with Gasteiger partial charge in [-0.1, -0.05) is 32.9 Å². The maximum atomic E-state index is 12.9. The SMILES string of the molecule is CC(C)(C)c1cc(NC(=O)[C@@H]2C[C@H]3C=C[C@H]2C3)n([C@@H]2CCS(=O)(=O)C2)n1. The van der Waals surface area contributed by atoms with E-state index in [1.165, 1.54) is 0 Å². The predicted octanol–water partition coefficient (Wildman–Crippen LogP) is 2.69. The molecule has 2 aliphatic carbocycles. The number of anilines is 1. The number of nitrogens with one attached hydrogen (secondary N) is 1. The van der Waals surface area contributed by atoms with E-state index >= 15 is 0 Å². The average molecular weight is 378 g/mol. The fraction of sp³-hybridized carbons (Fsp3) is 0.684. The summed E-state index contributed by atoms with van der Waals surface area (Å²) in [5.74, 6) is 1.83. The van der Waals surface area contributed by atoms with Gasteiger partial charge in [0.15, 0.2) is 9.84 Å². The quantitative estimate of drug-likeness (QED) is 0.821. The van der Waals surface area contributed by atoms with Crippen LogP contribution in [-0.2, 0) is 20.0 Å². The molecule has 1 aromatic rings. The first-order valence-electron chi connectivity index (χ1n) is 9.42. The van der Waals surface area contributed by atoms with Crippen molar-refractivity contribution in [2.24, 2.45) is 17.8 Å². The molecule has 1 N–H and O–H groups in total. The molecule has 1 saturated heterocycles. The summed E-state index contributed by atoms with van der Waals surface area (Å²) in [6.45, 7) is 6.20. The van der Waals surface area contributed by atoms with Crippen LogP contribution in [0.2, 0.25) is 0 Å².